The number of benzene rings is 2. The van der Waals surface area contributed by atoms with Gasteiger partial charge in [-0.1, -0.05) is 30.3 Å². The topological polar surface area (TPSA) is 60.2 Å². The summed E-state index contributed by atoms with van der Waals surface area (Å²) in [6.45, 7) is 0. The summed E-state index contributed by atoms with van der Waals surface area (Å²) in [5.41, 5.74) is 1.40. The Morgan fingerprint density at radius 2 is 1.82 bits per heavy atom. The maximum absolute atomic E-state index is 12.5. The van der Waals surface area contributed by atoms with Crippen LogP contribution in [0.1, 0.15) is 5.01 Å². The van der Waals surface area contributed by atoms with Gasteiger partial charge in [-0.05, 0) is 18.2 Å². The van der Waals surface area contributed by atoms with E-state index in [1.54, 1.807) is 12.1 Å². The summed E-state index contributed by atoms with van der Waals surface area (Å²) in [4.78, 5) is 4.38. The van der Waals surface area contributed by atoms with E-state index in [2.05, 4.69) is 4.98 Å². The van der Waals surface area contributed by atoms with E-state index in [1.807, 2.05) is 42.5 Å². The molecule has 0 atom stereocenters. The van der Waals surface area contributed by atoms with Gasteiger partial charge in [0.05, 0.1) is 10.2 Å². The molecule has 0 aliphatic carbocycles. The highest BCUT2D eigenvalue weighted by Gasteiger charge is 2.22. The molecule has 110 valence electrons. The van der Waals surface area contributed by atoms with E-state index in [0.717, 1.165) is 15.6 Å². The quantitative estimate of drug-likeness (QED) is 0.569. The van der Waals surface area contributed by atoms with Gasteiger partial charge < -0.3 is 4.42 Å². The third kappa shape index (κ3) is 2.30. The molecule has 0 unspecified atom stereocenters. The number of sulfone groups is 1. The van der Waals surface area contributed by atoms with Crippen LogP contribution in [0.3, 0.4) is 0 Å². The monoisotopic (exact) mass is 329 g/mol. The Morgan fingerprint density at radius 3 is 2.64 bits per heavy atom. The molecule has 0 radical (unpaired) electrons. The number of nitrogens with zero attached hydrogens (tertiary/aromatic N) is 1. The van der Waals surface area contributed by atoms with Crippen molar-refractivity contribution in [3.05, 3.63) is 59.6 Å². The molecular formula is C16H11NO3S2. The SMILES string of the molecule is O=S(=O)(Cc1nc2ccccc2s1)c1cc2ccccc2o1. The lowest BCUT2D eigenvalue weighted by atomic mass is 10.3. The summed E-state index contributed by atoms with van der Waals surface area (Å²) in [6, 6.07) is 16.4. The minimum Gasteiger partial charge on any atom is -0.445 e. The molecule has 4 aromatic rings. The van der Waals surface area contributed by atoms with Crippen LogP contribution in [-0.2, 0) is 15.6 Å². The van der Waals surface area contributed by atoms with Crippen molar-refractivity contribution in [2.75, 3.05) is 0 Å². The Bertz CT molecular complexity index is 1010. The Kier molecular flexibility index (Phi) is 3.02. The van der Waals surface area contributed by atoms with Crippen molar-refractivity contribution >= 4 is 42.4 Å². The van der Waals surface area contributed by atoms with Gasteiger partial charge in [0.25, 0.3) is 0 Å². The number of rotatable bonds is 3. The molecule has 0 saturated carbocycles. The van der Waals surface area contributed by atoms with E-state index >= 15 is 0 Å². The normalized spacial score (nSPS) is 12.2. The van der Waals surface area contributed by atoms with Crippen LogP contribution in [0.4, 0.5) is 0 Å². The number of hydrogen-bond acceptors (Lipinski definition) is 5. The van der Waals surface area contributed by atoms with Crippen molar-refractivity contribution in [2.24, 2.45) is 0 Å². The van der Waals surface area contributed by atoms with Gasteiger partial charge in [-0.15, -0.1) is 11.3 Å². The van der Waals surface area contributed by atoms with Gasteiger partial charge in [0, 0.05) is 11.5 Å². The van der Waals surface area contributed by atoms with Crippen LogP contribution >= 0.6 is 11.3 Å². The van der Waals surface area contributed by atoms with E-state index in [9.17, 15) is 8.42 Å². The summed E-state index contributed by atoms with van der Waals surface area (Å²) in [7, 11) is -3.54. The zero-order valence-corrected chi connectivity index (χ0v) is 13.0. The van der Waals surface area contributed by atoms with Crippen LogP contribution in [0.2, 0.25) is 0 Å². The Hall–Kier alpha value is -2.18. The third-order valence-electron chi connectivity index (χ3n) is 3.36. The minimum absolute atomic E-state index is 0.00652. The molecule has 4 nitrogen and oxygen atoms in total. The molecule has 2 aromatic heterocycles. The highest BCUT2D eigenvalue weighted by molar-refractivity contribution is 7.90. The zero-order valence-electron chi connectivity index (χ0n) is 11.4. The molecule has 0 bridgehead atoms. The summed E-state index contributed by atoms with van der Waals surface area (Å²) < 4.78 is 31.5. The second kappa shape index (κ2) is 4.93. The lowest BCUT2D eigenvalue weighted by Gasteiger charge is -1.96. The molecule has 0 fully saturated rings. The fourth-order valence-corrected chi connectivity index (χ4v) is 4.85. The predicted octanol–water partition coefficient (Wildman–Crippen LogP) is 4.02. The van der Waals surface area contributed by atoms with Gasteiger partial charge in [-0.25, -0.2) is 13.4 Å². The molecule has 0 aliphatic rings. The Labute approximate surface area is 130 Å². The molecule has 0 aliphatic heterocycles. The fourth-order valence-electron chi connectivity index (χ4n) is 2.33. The van der Waals surface area contributed by atoms with Crippen LogP contribution in [-0.4, -0.2) is 13.4 Å². The molecule has 0 amide bonds. The second-order valence-electron chi connectivity index (χ2n) is 4.94. The van der Waals surface area contributed by atoms with Gasteiger partial charge >= 0.3 is 0 Å². The standard InChI is InChI=1S/C16H11NO3S2/c18-22(19,16-9-11-5-1-3-7-13(11)20-16)10-15-17-12-6-2-4-8-14(12)21-15/h1-9H,10H2. The van der Waals surface area contributed by atoms with Crippen molar-refractivity contribution in [1.82, 2.24) is 4.98 Å². The van der Waals surface area contributed by atoms with Crippen LogP contribution in [0.15, 0.2) is 64.1 Å². The maximum Gasteiger partial charge on any atom is 0.219 e. The first-order valence-electron chi connectivity index (χ1n) is 6.68. The molecule has 0 N–H and O–H groups in total. The fraction of sp³-hybridized carbons (Fsp3) is 0.0625. The Morgan fingerprint density at radius 1 is 1.05 bits per heavy atom. The largest absolute Gasteiger partial charge is 0.445 e. The van der Waals surface area contributed by atoms with Gasteiger partial charge in [0.1, 0.15) is 16.3 Å². The van der Waals surface area contributed by atoms with Gasteiger partial charge in [0.15, 0.2) is 0 Å². The number of fused-ring (bicyclic) bond motifs is 2. The summed E-state index contributed by atoms with van der Waals surface area (Å²) >= 11 is 1.39. The lowest BCUT2D eigenvalue weighted by molar-refractivity contribution is 0.481. The molecule has 6 heteroatoms. The van der Waals surface area contributed by atoms with E-state index in [1.165, 1.54) is 11.3 Å². The molecule has 4 rings (SSSR count). The van der Waals surface area contributed by atoms with Gasteiger partial charge in [-0.2, -0.15) is 0 Å². The van der Waals surface area contributed by atoms with Crippen LogP contribution in [0.5, 0.6) is 0 Å². The van der Waals surface area contributed by atoms with Gasteiger partial charge in [0.2, 0.25) is 14.9 Å². The predicted molar refractivity (Wildman–Crippen MR) is 86.7 cm³/mol. The number of hydrogen-bond donors (Lipinski definition) is 0. The molecular weight excluding hydrogens is 318 g/mol. The molecule has 0 saturated heterocycles. The molecule has 2 aromatic carbocycles. The molecule has 22 heavy (non-hydrogen) atoms. The highest BCUT2D eigenvalue weighted by atomic mass is 32.2. The van der Waals surface area contributed by atoms with E-state index in [0.29, 0.717) is 10.6 Å². The first-order valence-corrected chi connectivity index (χ1v) is 9.14. The highest BCUT2D eigenvalue weighted by Crippen LogP contribution is 2.28. The lowest BCUT2D eigenvalue weighted by Crippen LogP contribution is -2.03. The minimum atomic E-state index is -3.54. The summed E-state index contributed by atoms with van der Waals surface area (Å²) in [5.74, 6) is -0.147. The van der Waals surface area contributed by atoms with Crippen molar-refractivity contribution in [1.29, 1.82) is 0 Å². The van der Waals surface area contributed by atoms with Crippen molar-refractivity contribution in [3.63, 3.8) is 0 Å². The Balaban J connectivity index is 1.73. The van der Waals surface area contributed by atoms with Crippen molar-refractivity contribution in [2.45, 2.75) is 10.8 Å². The number of aromatic nitrogens is 1. The molecule has 0 spiro atoms. The molecule has 2 heterocycles. The maximum atomic E-state index is 12.5. The summed E-state index contributed by atoms with van der Waals surface area (Å²) in [6.07, 6.45) is 0. The number of thiazole rings is 1. The average molecular weight is 329 g/mol. The van der Waals surface area contributed by atoms with Crippen LogP contribution in [0.25, 0.3) is 21.2 Å². The van der Waals surface area contributed by atoms with E-state index in [4.69, 9.17) is 4.42 Å². The van der Waals surface area contributed by atoms with Crippen LogP contribution < -0.4 is 0 Å². The van der Waals surface area contributed by atoms with Crippen LogP contribution in [0, 0.1) is 0 Å². The average Bonchev–Trinajstić information content (AvgIpc) is 3.09. The first kappa shape index (κ1) is 13.5. The number of furan rings is 1. The first-order chi connectivity index (χ1) is 10.6. The smallest absolute Gasteiger partial charge is 0.219 e. The van der Waals surface area contributed by atoms with Crippen molar-refractivity contribution in [3.8, 4) is 0 Å². The third-order valence-corrected chi connectivity index (χ3v) is 6.05. The van der Waals surface area contributed by atoms with Gasteiger partial charge in [-0.3, -0.25) is 0 Å². The number of para-hydroxylation sites is 2. The van der Waals surface area contributed by atoms with Crippen molar-refractivity contribution < 1.29 is 12.8 Å². The summed E-state index contributed by atoms with van der Waals surface area (Å²) in [5, 5.41) is 1.35. The van der Waals surface area contributed by atoms with E-state index in [-0.39, 0.29) is 10.8 Å². The van der Waals surface area contributed by atoms with E-state index < -0.39 is 9.84 Å². The zero-order chi connectivity index (χ0) is 15.2. The second-order valence-corrected chi connectivity index (χ2v) is 7.97.